The number of hydrogen-bond acceptors (Lipinski definition) is 3. The van der Waals surface area contributed by atoms with Crippen molar-refractivity contribution in [2.75, 3.05) is 13.1 Å². The molecular formula is C41H50N4O. The van der Waals surface area contributed by atoms with Crippen molar-refractivity contribution in [3.8, 4) is 11.3 Å². The van der Waals surface area contributed by atoms with Crippen molar-refractivity contribution < 1.29 is 4.79 Å². The highest BCUT2D eigenvalue weighted by atomic mass is 16.2. The second-order valence-electron chi connectivity index (χ2n) is 12.5. The molecule has 46 heavy (non-hydrogen) atoms. The number of piperidine rings is 1. The van der Waals surface area contributed by atoms with Crippen LogP contribution in [0.2, 0.25) is 0 Å². The molecule has 240 valence electrons. The number of allylic oxidation sites excluding steroid dienone is 1. The Labute approximate surface area is 276 Å². The van der Waals surface area contributed by atoms with Crippen LogP contribution in [0.4, 0.5) is 0 Å². The Morgan fingerprint density at radius 2 is 1.48 bits per heavy atom. The van der Waals surface area contributed by atoms with Crippen LogP contribution < -0.4 is 0 Å². The van der Waals surface area contributed by atoms with E-state index in [0.29, 0.717) is 11.8 Å². The first kappa shape index (κ1) is 34.4. The Morgan fingerprint density at radius 1 is 0.870 bits per heavy atom. The largest absolute Gasteiger partial charge is 0.339 e. The van der Waals surface area contributed by atoms with Crippen molar-refractivity contribution in [3.63, 3.8) is 0 Å². The number of carbonyl (C=O) groups excluding carboxylic acids is 1. The molecule has 1 aliphatic heterocycles. The van der Waals surface area contributed by atoms with E-state index in [1.54, 1.807) is 0 Å². The summed E-state index contributed by atoms with van der Waals surface area (Å²) in [4.78, 5) is 19.5. The number of pyridine rings is 1. The Kier molecular flexibility index (Phi) is 12.1. The smallest absolute Gasteiger partial charge is 0.256 e. The molecule has 1 unspecified atom stereocenters. The highest BCUT2D eigenvalue weighted by molar-refractivity contribution is 6.09. The van der Waals surface area contributed by atoms with Crippen LogP contribution in [0.25, 0.3) is 22.2 Å². The van der Waals surface area contributed by atoms with E-state index < -0.39 is 0 Å². The number of carbonyl (C=O) groups is 1. The van der Waals surface area contributed by atoms with Crippen LogP contribution in [-0.4, -0.2) is 38.7 Å². The molecule has 3 heterocycles. The number of likely N-dealkylation sites (tertiary alicyclic amines) is 1. The maximum Gasteiger partial charge on any atom is 0.256 e. The molecule has 1 saturated heterocycles. The molecule has 3 aromatic carbocycles. The van der Waals surface area contributed by atoms with E-state index in [9.17, 15) is 4.79 Å². The lowest BCUT2D eigenvalue weighted by Crippen LogP contribution is -2.38. The van der Waals surface area contributed by atoms with Gasteiger partial charge in [0.1, 0.15) is 5.69 Å². The highest BCUT2D eigenvalue weighted by Crippen LogP contribution is 2.32. The van der Waals surface area contributed by atoms with Gasteiger partial charge >= 0.3 is 0 Å². The van der Waals surface area contributed by atoms with Crippen LogP contribution in [0.3, 0.4) is 0 Å². The number of para-hydroxylation sites is 1. The van der Waals surface area contributed by atoms with E-state index in [1.165, 1.54) is 28.0 Å². The van der Waals surface area contributed by atoms with Gasteiger partial charge in [-0.1, -0.05) is 92.7 Å². The minimum Gasteiger partial charge on any atom is -0.339 e. The maximum absolute atomic E-state index is 13.3. The summed E-state index contributed by atoms with van der Waals surface area (Å²) in [6.07, 6.45) is 5.01. The van der Waals surface area contributed by atoms with Crippen LogP contribution in [-0.2, 0) is 7.05 Å². The van der Waals surface area contributed by atoms with Gasteiger partial charge in [0, 0.05) is 43.0 Å². The number of amides is 1. The van der Waals surface area contributed by atoms with Crippen LogP contribution in [0.1, 0.15) is 78.7 Å². The predicted octanol–water partition coefficient (Wildman–Crippen LogP) is 9.88. The fraction of sp³-hybridized carbons (Fsp3) is 0.341. The van der Waals surface area contributed by atoms with Crippen LogP contribution in [0.5, 0.6) is 0 Å². The van der Waals surface area contributed by atoms with E-state index in [4.69, 9.17) is 5.10 Å². The van der Waals surface area contributed by atoms with Gasteiger partial charge in [0.25, 0.3) is 5.91 Å². The van der Waals surface area contributed by atoms with Crippen molar-refractivity contribution in [1.82, 2.24) is 19.7 Å². The zero-order valence-corrected chi connectivity index (χ0v) is 28.8. The SMILES string of the molecule is C=C(C)C1CCN(C(=O)c2cccc3c(-c4ccccc4C)nn(C)c23)CC1.CCC(C)c1ccccn1.Cc1ccccc1C. The fourth-order valence-electron chi connectivity index (χ4n) is 5.83. The second kappa shape index (κ2) is 16.2. The van der Waals surface area contributed by atoms with Gasteiger partial charge in [-0.3, -0.25) is 14.5 Å². The first-order chi connectivity index (χ1) is 22.1. The molecule has 0 N–H and O–H groups in total. The summed E-state index contributed by atoms with van der Waals surface area (Å²) in [5.41, 5.74) is 10.0. The summed E-state index contributed by atoms with van der Waals surface area (Å²) in [5.74, 6) is 1.23. The first-order valence-corrected chi connectivity index (χ1v) is 16.5. The van der Waals surface area contributed by atoms with E-state index in [2.05, 4.69) is 102 Å². The van der Waals surface area contributed by atoms with Gasteiger partial charge in [0.15, 0.2) is 0 Å². The molecule has 1 amide bonds. The summed E-state index contributed by atoms with van der Waals surface area (Å²) in [6.45, 7) is 18.5. The molecule has 1 aliphatic rings. The van der Waals surface area contributed by atoms with Crippen molar-refractivity contribution in [2.45, 2.75) is 66.7 Å². The minimum atomic E-state index is 0.102. The van der Waals surface area contributed by atoms with Crippen molar-refractivity contribution in [2.24, 2.45) is 13.0 Å². The topological polar surface area (TPSA) is 51.0 Å². The molecular weight excluding hydrogens is 564 g/mol. The van der Waals surface area contributed by atoms with Crippen molar-refractivity contribution in [3.05, 3.63) is 131 Å². The van der Waals surface area contributed by atoms with Crippen molar-refractivity contribution in [1.29, 1.82) is 0 Å². The van der Waals surface area contributed by atoms with Crippen LogP contribution in [0.15, 0.2) is 103 Å². The van der Waals surface area contributed by atoms with Gasteiger partial charge in [-0.25, -0.2) is 0 Å². The Bertz CT molecular complexity index is 1720. The fourth-order valence-corrected chi connectivity index (χ4v) is 5.83. The molecule has 5 nitrogen and oxygen atoms in total. The zero-order chi connectivity index (χ0) is 33.2. The minimum absolute atomic E-state index is 0.102. The molecule has 5 heteroatoms. The zero-order valence-electron chi connectivity index (χ0n) is 28.8. The normalized spacial score (nSPS) is 13.7. The molecule has 0 saturated carbocycles. The third-order valence-corrected chi connectivity index (χ3v) is 9.21. The third kappa shape index (κ3) is 8.39. The number of rotatable bonds is 5. The molecule has 0 spiro atoms. The summed E-state index contributed by atoms with van der Waals surface area (Å²) < 4.78 is 1.85. The number of aryl methyl sites for hydroxylation is 4. The molecule has 2 aromatic heterocycles. The number of fused-ring (bicyclic) bond motifs is 1. The molecule has 0 aliphatic carbocycles. The number of nitrogens with zero attached hydrogens (tertiary/aromatic N) is 4. The lowest BCUT2D eigenvalue weighted by Gasteiger charge is -2.32. The Morgan fingerprint density at radius 3 is 2.02 bits per heavy atom. The summed E-state index contributed by atoms with van der Waals surface area (Å²) in [7, 11) is 1.92. The standard InChI is InChI=1S/C24H27N3O.C9H13N.C8H10/c1-16(2)18-12-14-27(15-13-18)24(28)21-11-7-10-20-22(25-26(4)23(20)21)19-9-6-5-8-17(19)3;1-3-8(2)9-6-4-5-7-10-9;1-7-5-3-4-6-8(7)2/h5-11,18H,1,12-15H2,2-4H3;4-8H,3H2,1-2H3;3-6H,1-2H3. The quantitative estimate of drug-likeness (QED) is 0.185. The van der Waals surface area contributed by atoms with Crippen LogP contribution in [0, 0.1) is 26.7 Å². The van der Waals surface area contributed by atoms with Gasteiger partial charge in [0.05, 0.1) is 11.1 Å². The third-order valence-electron chi connectivity index (χ3n) is 9.21. The number of benzene rings is 3. The Hall–Kier alpha value is -4.51. The van der Waals surface area contributed by atoms with Gasteiger partial charge in [0.2, 0.25) is 0 Å². The van der Waals surface area contributed by atoms with Gasteiger partial charge in [-0.15, -0.1) is 0 Å². The number of hydrogen-bond donors (Lipinski definition) is 0. The number of aromatic nitrogens is 3. The predicted molar refractivity (Wildman–Crippen MR) is 193 cm³/mol. The van der Waals surface area contributed by atoms with Crippen LogP contribution >= 0.6 is 0 Å². The molecule has 1 atom stereocenters. The van der Waals surface area contributed by atoms with E-state index in [0.717, 1.165) is 60.1 Å². The average Bonchev–Trinajstić information content (AvgIpc) is 3.42. The highest BCUT2D eigenvalue weighted by Gasteiger charge is 2.26. The average molecular weight is 615 g/mol. The molecule has 1 fully saturated rings. The Balaban J connectivity index is 0.000000217. The molecule has 6 rings (SSSR count). The summed E-state index contributed by atoms with van der Waals surface area (Å²) in [5, 5.41) is 5.81. The van der Waals surface area contributed by atoms with Crippen molar-refractivity contribution >= 4 is 16.8 Å². The monoisotopic (exact) mass is 614 g/mol. The first-order valence-electron chi connectivity index (χ1n) is 16.5. The maximum atomic E-state index is 13.3. The van der Waals surface area contributed by atoms with Gasteiger partial charge < -0.3 is 4.90 Å². The summed E-state index contributed by atoms with van der Waals surface area (Å²) in [6, 6.07) is 28.6. The van der Waals surface area contributed by atoms with Gasteiger partial charge in [-0.2, -0.15) is 5.10 Å². The molecule has 0 bridgehead atoms. The summed E-state index contributed by atoms with van der Waals surface area (Å²) >= 11 is 0. The molecule has 5 aromatic rings. The van der Waals surface area contributed by atoms with E-state index >= 15 is 0 Å². The lowest BCUT2D eigenvalue weighted by molar-refractivity contribution is 0.0703. The lowest BCUT2D eigenvalue weighted by atomic mass is 9.90. The van der Waals surface area contributed by atoms with Gasteiger partial charge in [-0.05, 0) is 93.7 Å². The molecule has 0 radical (unpaired) electrons. The second-order valence-corrected chi connectivity index (χ2v) is 12.5. The van der Waals surface area contributed by atoms with E-state index in [1.807, 2.05) is 59.2 Å². The van der Waals surface area contributed by atoms with E-state index in [-0.39, 0.29) is 5.91 Å².